The smallest absolute Gasteiger partial charge is 0.261 e. The van der Waals surface area contributed by atoms with Gasteiger partial charge in [0.2, 0.25) is 5.95 Å². The maximum absolute atomic E-state index is 6.19. The summed E-state index contributed by atoms with van der Waals surface area (Å²) in [6.07, 6.45) is 5.04. The second-order valence-corrected chi connectivity index (χ2v) is 7.89. The van der Waals surface area contributed by atoms with Crippen molar-refractivity contribution in [3.63, 3.8) is 0 Å². The molecule has 0 bridgehead atoms. The summed E-state index contributed by atoms with van der Waals surface area (Å²) in [5.41, 5.74) is 8.70. The van der Waals surface area contributed by atoms with Crippen molar-refractivity contribution in [1.82, 2.24) is 25.1 Å². The van der Waals surface area contributed by atoms with Crippen LogP contribution in [-0.2, 0) is 5.41 Å². The van der Waals surface area contributed by atoms with Crippen LogP contribution in [0.4, 0.5) is 5.95 Å². The molecule has 0 radical (unpaired) electrons. The Morgan fingerprint density at radius 2 is 1.70 bits per heavy atom. The Hall–Kier alpha value is -3.32. The van der Waals surface area contributed by atoms with Crippen LogP contribution in [0, 0.1) is 5.92 Å². The van der Waals surface area contributed by atoms with Gasteiger partial charge in [-0.15, -0.1) is 0 Å². The summed E-state index contributed by atoms with van der Waals surface area (Å²) in [7, 11) is 0. The van der Waals surface area contributed by atoms with Crippen LogP contribution in [0.15, 0.2) is 59.5 Å². The van der Waals surface area contributed by atoms with Crippen LogP contribution in [0.2, 0.25) is 5.15 Å². The third kappa shape index (κ3) is 3.52. The van der Waals surface area contributed by atoms with Crippen LogP contribution in [0.25, 0.3) is 22.6 Å². The molecule has 8 heteroatoms. The zero-order chi connectivity index (χ0) is 21.3. The fraction of sp³-hybridized carbons (Fsp3) is 0.227. The van der Waals surface area contributed by atoms with E-state index in [-0.39, 0.29) is 11.9 Å². The Morgan fingerprint density at radius 3 is 2.33 bits per heavy atom. The number of hydrogen-bond donors (Lipinski definition) is 1. The zero-order valence-electron chi connectivity index (χ0n) is 16.9. The van der Waals surface area contributed by atoms with E-state index in [0.717, 1.165) is 16.7 Å². The van der Waals surface area contributed by atoms with Gasteiger partial charge >= 0.3 is 0 Å². The Balaban J connectivity index is 1.71. The summed E-state index contributed by atoms with van der Waals surface area (Å²) in [4.78, 5) is 16.9. The molecule has 0 aliphatic carbocycles. The molecule has 152 valence electrons. The highest BCUT2D eigenvalue weighted by molar-refractivity contribution is 6.31. The number of nitrogens with zero attached hydrogens (tertiary/aromatic N) is 5. The summed E-state index contributed by atoms with van der Waals surface area (Å²) in [5, 5.41) is 4.62. The molecule has 1 aromatic carbocycles. The molecule has 0 saturated carbocycles. The first-order valence-electron chi connectivity index (χ1n) is 9.53. The molecular formula is C22H21ClN6O. The van der Waals surface area contributed by atoms with Crippen molar-refractivity contribution in [1.29, 1.82) is 0 Å². The quantitative estimate of drug-likeness (QED) is 0.463. The first-order chi connectivity index (χ1) is 14.4. The molecule has 1 atom stereocenters. The molecule has 3 heterocycles. The third-order valence-electron chi connectivity index (χ3n) is 5.52. The highest BCUT2D eigenvalue weighted by Gasteiger charge is 2.37. The second kappa shape index (κ2) is 7.84. The molecule has 0 fully saturated rings. The number of benzene rings is 1. The van der Waals surface area contributed by atoms with Crippen molar-refractivity contribution >= 4 is 17.5 Å². The lowest BCUT2D eigenvalue weighted by molar-refractivity contribution is 0.351. The van der Waals surface area contributed by atoms with E-state index in [4.69, 9.17) is 21.9 Å². The zero-order valence-corrected chi connectivity index (χ0v) is 17.6. The van der Waals surface area contributed by atoms with Gasteiger partial charge in [-0.2, -0.15) is 4.98 Å². The number of rotatable bonds is 5. The summed E-state index contributed by atoms with van der Waals surface area (Å²) in [5.74, 6) is 1.41. The minimum Gasteiger partial charge on any atom is -0.368 e. The standard InChI is InChI=1S/C22H21ClN6O/c1-13(2)22(3,20-28-19(30-29-20)17-5-4-10-25-18(17)23)16-8-6-14(7-9-16)15-11-26-21(24)27-12-15/h4-13H,1-3H3,(H2,24,26,27). The predicted octanol–water partition coefficient (Wildman–Crippen LogP) is 4.79. The van der Waals surface area contributed by atoms with Crippen LogP contribution in [-0.4, -0.2) is 25.1 Å². The van der Waals surface area contributed by atoms with Crippen molar-refractivity contribution in [2.24, 2.45) is 5.92 Å². The van der Waals surface area contributed by atoms with E-state index in [0.29, 0.717) is 22.4 Å². The van der Waals surface area contributed by atoms with E-state index in [9.17, 15) is 0 Å². The van der Waals surface area contributed by atoms with Gasteiger partial charge in [0.15, 0.2) is 5.82 Å². The van der Waals surface area contributed by atoms with Gasteiger partial charge in [-0.05, 0) is 36.1 Å². The average molecular weight is 421 g/mol. The van der Waals surface area contributed by atoms with Gasteiger partial charge in [0.25, 0.3) is 5.89 Å². The van der Waals surface area contributed by atoms with Crippen LogP contribution >= 0.6 is 11.6 Å². The molecule has 30 heavy (non-hydrogen) atoms. The lowest BCUT2D eigenvalue weighted by Crippen LogP contribution is -2.31. The van der Waals surface area contributed by atoms with E-state index >= 15 is 0 Å². The lowest BCUT2D eigenvalue weighted by atomic mass is 9.72. The predicted molar refractivity (Wildman–Crippen MR) is 116 cm³/mol. The molecule has 7 nitrogen and oxygen atoms in total. The van der Waals surface area contributed by atoms with Gasteiger partial charge < -0.3 is 10.3 Å². The number of halogens is 1. The number of nitrogen functional groups attached to an aromatic ring is 1. The van der Waals surface area contributed by atoms with E-state index in [1.165, 1.54) is 0 Å². The first kappa shape index (κ1) is 20.0. The molecule has 3 aromatic heterocycles. The van der Waals surface area contributed by atoms with Crippen LogP contribution < -0.4 is 5.73 Å². The number of nitrogens with two attached hydrogens (primary N) is 1. The van der Waals surface area contributed by atoms with Gasteiger partial charge in [-0.1, -0.05) is 54.9 Å². The van der Waals surface area contributed by atoms with Gasteiger partial charge in [-0.3, -0.25) is 0 Å². The molecule has 0 amide bonds. The van der Waals surface area contributed by atoms with Crippen molar-refractivity contribution < 1.29 is 4.52 Å². The SMILES string of the molecule is CC(C)C(C)(c1ccc(-c2cnc(N)nc2)cc1)c1noc(-c2cccnc2Cl)n1. The van der Waals surface area contributed by atoms with Crippen LogP contribution in [0.5, 0.6) is 0 Å². The van der Waals surface area contributed by atoms with E-state index in [1.807, 2.05) is 18.2 Å². The van der Waals surface area contributed by atoms with E-state index in [2.05, 4.69) is 58.0 Å². The topological polar surface area (TPSA) is 104 Å². The average Bonchev–Trinajstić information content (AvgIpc) is 3.24. The number of hydrogen-bond acceptors (Lipinski definition) is 7. The van der Waals surface area contributed by atoms with Crippen molar-refractivity contribution in [3.05, 3.63) is 71.5 Å². The van der Waals surface area contributed by atoms with Crippen molar-refractivity contribution in [3.8, 4) is 22.6 Å². The van der Waals surface area contributed by atoms with Gasteiger partial charge in [0, 0.05) is 24.2 Å². The fourth-order valence-electron chi connectivity index (χ4n) is 3.31. The normalized spacial score (nSPS) is 13.4. The molecule has 2 N–H and O–H groups in total. The summed E-state index contributed by atoms with van der Waals surface area (Å²) in [6, 6.07) is 11.8. The molecule has 4 aromatic rings. The Bertz CT molecular complexity index is 1160. The lowest BCUT2D eigenvalue weighted by Gasteiger charge is -2.31. The summed E-state index contributed by atoms with van der Waals surface area (Å²) in [6.45, 7) is 6.38. The van der Waals surface area contributed by atoms with Crippen molar-refractivity contribution in [2.75, 3.05) is 5.73 Å². The largest absolute Gasteiger partial charge is 0.368 e. The fourth-order valence-corrected chi connectivity index (χ4v) is 3.51. The third-order valence-corrected chi connectivity index (χ3v) is 5.83. The Morgan fingerprint density at radius 1 is 1.00 bits per heavy atom. The maximum atomic E-state index is 6.19. The van der Waals surface area contributed by atoms with E-state index < -0.39 is 5.41 Å². The first-order valence-corrected chi connectivity index (χ1v) is 9.91. The van der Waals surface area contributed by atoms with Gasteiger partial charge in [0.05, 0.1) is 11.0 Å². The molecule has 0 spiro atoms. The summed E-state index contributed by atoms with van der Waals surface area (Å²) < 4.78 is 5.54. The number of pyridine rings is 1. The summed E-state index contributed by atoms with van der Waals surface area (Å²) >= 11 is 6.19. The van der Waals surface area contributed by atoms with Gasteiger partial charge in [-0.25, -0.2) is 15.0 Å². The number of aromatic nitrogens is 5. The monoisotopic (exact) mass is 420 g/mol. The molecule has 4 rings (SSSR count). The van der Waals surface area contributed by atoms with Crippen LogP contribution in [0.3, 0.4) is 0 Å². The van der Waals surface area contributed by atoms with Crippen molar-refractivity contribution in [2.45, 2.75) is 26.2 Å². The highest BCUT2D eigenvalue weighted by Crippen LogP contribution is 2.39. The van der Waals surface area contributed by atoms with E-state index in [1.54, 1.807) is 24.7 Å². The van der Waals surface area contributed by atoms with Crippen LogP contribution in [0.1, 0.15) is 32.2 Å². The molecule has 1 unspecified atom stereocenters. The maximum Gasteiger partial charge on any atom is 0.261 e. The molecular weight excluding hydrogens is 400 g/mol. The molecule has 0 aliphatic rings. The Labute approximate surface area is 179 Å². The second-order valence-electron chi connectivity index (χ2n) is 7.53. The molecule has 0 aliphatic heterocycles. The van der Waals surface area contributed by atoms with Gasteiger partial charge in [0.1, 0.15) is 5.15 Å². The minimum atomic E-state index is -0.466. The molecule has 0 saturated heterocycles. The number of anilines is 1. The minimum absolute atomic E-state index is 0.207. The highest BCUT2D eigenvalue weighted by atomic mass is 35.5. The Kier molecular flexibility index (Phi) is 5.22.